The quantitative estimate of drug-likeness (QED) is 0.675. The first-order valence-corrected chi connectivity index (χ1v) is 8.76. The lowest BCUT2D eigenvalue weighted by molar-refractivity contribution is -0.116. The number of aromatic nitrogens is 2. The first-order chi connectivity index (χ1) is 12.0. The molecule has 6 heteroatoms. The lowest BCUT2D eigenvalue weighted by Gasteiger charge is -2.08. The maximum Gasteiger partial charge on any atom is 0.227 e. The van der Waals surface area contributed by atoms with E-state index in [1.54, 1.807) is 0 Å². The van der Waals surface area contributed by atoms with Crippen molar-refractivity contribution in [3.8, 4) is 11.4 Å². The molecule has 3 aromatic rings. The van der Waals surface area contributed by atoms with Gasteiger partial charge in [0.2, 0.25) is 17.6 Å². The summed E-state index contributed by atoms with van der Waals surface area (Å²) in [5.41, 5.74) is 3.86. The Bertz CT molecular complexity index is 888. The molecule has 0 aliphatic rings. The van der Waals surface area contributed by atoms with Crippen molar-refractivity contribution in [2.75, 3.05) is 5.32 Å². The lowest BCUT2D eigenvalue weighted by Crippen LogP contribution is -2.13. The molecule has 25 heavy (non-hydrogen) atoms. The number of carbonyl (C=O) groups excluding carboxylic acids is 1. The van der Waals surface area contributed by atoms with Crippen molar-refractivity contribution in [3.63, 3.8) is 0 Å². The summed E-state index contributed by atoms with van der Waals surface area (Å²) in [6, 6.07) is 13.6. The van der Waals surface area contributed by atoms with Gasteiger partial charge >= 0.3 is 0 Å². The van der Waals surface area contributed by atoms with Crippen molar-refractivity contribution >= 4 is 27.5 Å². The fraction of sp³-hybridized carbons (Fsp3) is 0.211. The molecule has 0 atom stereocenters. The Morgan fingerprint density at radius 1 is 1.16 bits per heavy atom. The Morgan fingerprint density at radius 2 is 1.92 bits per heavy atom. The summed E-state index contributed by atoms with van der Waals surface area (Å²) in [5, 5.41) is 6.90. The van der Waals surface area contributed by atoms with Crippen LogP contribution in [0.5, 0.6) is 0 Å². The van der Waals surface area contributed by atoms with E-state index >= 15 is 0 Å². The Labute approximate surface area is 154 Å². The number of hydrogen-bond acceptors (Lipinski definition) is 4. The highest BCUT2D eigenvalue weighted by Crippen LogP contribution is 2.20. The fourth-order valence-electron chi connectivity index (χ4n) is 2.38. The highest BCUT2D eigenvalue weighted by Gasteiger charge is 2.11. The zero-order valence-corrected chi connectivity index (χ0v) is 15.6. The summed E-state index contributed by atoms with van der Waals surface area (Å²) in [5.74, 6) is 0.906. The van der Waals surface area contributed by atoms with Gasteiger partial charge in [0.05, 0.1) is 0 Å². The Morgan fingerprint density at radius 3 is 2.68 bits per heavy atom. The van der Waals surface area contributed by atoms with E-state index in [2.05, 4.69) is 31.4 Å². The van der Waals surface area contributed by atoms with E-state index in [1.807, 2.05) is 56.3 Å². The summed E-state index contributed by atoms with van der Waals surface area (Å²) in [6.45, 7) is 3.97. The van der Waals surface area contributed by atoms with Crippen LogP contribution in [0.3, 0.4) is 0 Å². The zero-order chi connectivity index (χ0) is 17.8. The minimum Gasteiger partial charge on any atom is -0.339 e. The smallest absolute Gasteiger partial charge is 0.227 e. The number of rotatable bonds is 5. The Balaban J connectivity index is 1.59. The van der Waals surface area contributed by atoms with E-state index < -0.39 is 0 Å². The normalized spacial score (nSPS) is 10.7. The topological polar surface area (TPSA) is 68.0 Å². The maximum absolute atomic E-state index is 12.2. The molecule has 3 rings (SSSR count). The van der Waals surface area contributed by atoms with Gasteiger partial charge in [-0.05, 0) is 55.3 Å². The van der Waals surface area contributed by atoms with E-state index in [0.29, 0.717) is 18.1 Å². The second-order valence-corrected chi connectivity index (χ2v) is 6.80. The van der Waals surface area contributed by atoms with Gasteiger partial charge < -0.3 is 9.84 Å². The molecule has 2 aromatic carbocycles. The number of nitrogens with one attached hydrogen (secondary N) is 1. The molecule has 0 unspecified atom stereocenters. The second kappa shape index (κ2) is 7.61. The van der Waals surface area contributed by atoms with Crippen LogP contribution in [0.15, 0.2) is 51.5 Å². The monoisotopic (exact) mass is 399 g/mol. The van der Waals surface area contributed by atoms with Gasteiger partial charge in [-0.25, -0.2) is 0 Å². The van der Waals surface area contributed by atoms with E-state index in [4.69, 9.17) is 4.52 Å². The molecule has 1 amide bonds. The number of halogens is 1. The maximum atomic E-state index is 12.2. The van der Waals surface area contributed by atoms with Crippen LogP contribution in [0, 0.1) is 13.8 Å². The van der Waals surface area contributed by atoms with Crippen LogP contribution in [0.2, 0.25) is 0 Å². The third-order valence-electron chi connectivity index (χ3n) is 3.80. The van der Waals surface area contributed by atoms with Gasteiger partial charge in [0.1, 0.15) is 0 Å². The third kappa shape index (κ3) is 4.54. The molecule has 0 aliphatic heterocycles. The molecule has 5 nitrogen and oxygen atoms in total. The highest BCUT2D eigenvalue weighted by atomic mass is 79.9. The second-order valence-electron chi connectivity index (χ2n) is 5.89. The van der Waals surface area contributed by atoms with Crippen molar-refractivity contribution in [3.05, 3.63) is 64.0 Å². The van der Waals surface area contributed by atoms with Crippen molar-refractivity contribution in [1.29, 1.82) is 0 Å². The van der Waals surface area contributed by atoms with Crippen LogP contribution in [-0.2, 0) is 11.2 Å². The molecule has 0 fully saturated rings. The predicted octanol–water partition coefficient (Wildman–Crippen LogP) is 4.69. The average Bonchev–Trinajstić information content (AvgIpc) is 3.06. The van der Waals surface area contributed by atoms with Gasteiger partial charge in [0.15, 0.2) is 0 Å². The van der Waals surface area contributed by atoms with Crippen molar-refractivity contribution < 1.29 is 9.32 Å². The number of carbonyl (C=O) groups is 1. The van der Waals surface area contributed by atoms with Crippen LogP contribution in [0.4, 0.5) is 5.69 Å². The molecule has 128 valence electrons. The van der Waals surface area contributed by atoms with E-state index in [1.165, 1.54) is 0 Å². The average molecular weight is 400 g/mol. The number of amides is 1. The first-order valence-electron chi connectivity index (χ1n) is 7.97. The highest BCUT2D eigenvalue weighted by molar-refractivity contribution is 9.10. The molecule has 0 aliphatic carbocycles. The number of benzene rings is 2. The number of anilines is 1. The van der Waals surface area contributed by atoms with Crippen molar-refractivity contribution in [1.82, 2.24) is 10.1 Å². The first kappa shape index (κ1) is 17.4. The molecule has 1 N–H and O–H groups in total. The van der Waals surface area contributed by atoms with Crippen LogP contribution in [0.1, 0.15) is 23.4 Å². The number of hydrogen-bond donors (Lipinski definition) is 1. The van der Waals surface area contributed by atoms with Gasteiger partial charge in [-0.1, -0.05) is 33.2 Å². The van der Waals surface area contributed by atoms with Crippen LogP contribution in [-0.4, -0.2) is 16.0 Å². The molecular formula is C19H18BrN3O2. The molecule has 1 aromatic heterocycles. The summed E-state index contributed by atoms with van der Waals surface area (Å²) in [6.07, 6.45) is 0.690. The standard InChI is InChI=1S/C19H18BrN3O2/c1-12-3-4-13(2)16(11-12)21-17(24)9-10-18-22-19(23-25-18)14-5-7-15(20)8-6-14/h3-8,11H,9-10H2,1-2H3,(H,21,24). The summed E-state index contributed by atoms with van der Waals surface area (Å²) in [7, 11) is 0. The predicted molar refractivity (Wildman–Crippen MR) is 100 cm³/mol. The Kier molecular flexibility index (Phi) is 5.28. The van der Waals surface area contributed by atoms with Gasteiger partial charge in [-0.2, -0.15) is 4.98 Å². The third-order valence-corrected chi connectivity index (χ3v) is 4.33. The molecule has 0 spiro atoms. The summed E-state index contributed by atoms with van der Waals surface area (Å²) < 4.78 is 6.23. The summed E-state index contributed by atoms with van der Waals surface area (Å²) >= 11 is 3.39. The number of nitrogens with zero attached hydrogens (tertiary/aromatic N) is 2. The van der Waals surface area contributed by atoms with E-state index in [-0.39, 0.29) is 12.3 Å². The van der Waals surface area contributed by atoms with E-state index in [9.17, 15) is 4.79 Å². The molecule has 1 heterocycles. The lowest BCUT2D eigenvalue weighted by atomic mass is 10.1. The minimum absolute atomic E-state index is 0.0721. The summed E-state index contributed by atoms with van der Waals surface area (Å²) in [4.78, 5) is 16.5. The van der Waals surface area contributed by atoms with Crippen molar-refractivity contribution in [2.24, 2.45) is 0 Å². The SMILES string of the molecule is Cc1ccc(C)c(NC(=O)CCc2nc(-c3ccc(Br)cc3)no2)c1. The van der Waals surface area contributed by atoms with E-state index in [0.717, 1.165) is 26.9 Å². The molecule has 0 saturated heterocycles. The number of aryl methyl sites for hydroxylation is 3. The van der Waals surface area contributed by atoms with Gasteiger partial charge in [-0.15, -0.1) is 0 Å². The molecular weight excluding hydrogens is 382 g/mol. The molecule has 0 saturated carbocycles. The molecule has 0 radical (unpaired) electrons. The van der Waals surface area contributed by atoms with Crippen LogP contribution < -0.4 is 5.32 Å². The molecule has 0 bridgehead atoms. The van der Waals surface area contributed by atoms with Crippen LogP contribution in [0.25, 0.3) is 11.4 Å². The van der Waals surface area contributed by atoms with Gasteiger partial charge in [-0.3, -0.25) is 4.79 Å². The van der Waals surface area contributed by atoms with Gasteiger partial charge in [0.25, 0.3) is 0 Å². The Hall–Kier alpha value is -2.47. The fourth-order valence-corrected chi connectivity index (χ4v) is 2.64. The zero-order valence-electron chi connectivity index (χ0n) is 14.0. The van der Waals surface area contributed by atoms with Gasteiger partial charge in [0, 0.05) is 28.6 Å². The van der Waals surface area contributed by atoms with Crippen LogP contribution >= 0.6 is 15.9 Å². The largest absolute Gasteiger partial charge is 0.339 e. The minimum atomic E-state index is -0.0721. The van der Waals surface area contributed by atoms with Crippen molar-refractivity contribution in [2.45, 2.75) is 26.7 Å².